The number of aldehydes is 1. The molecule has 4 N–H and O–H groups in total. The highest BCUT2D eigenvalue weighted by Crippen LogP contribution is 2.42. The highest BCUT2D eigenvalue weighted by atomic mass is 16.2. The maximum atomic E-state index is 13.8. The van der Waals surface area contributed by atoms with Crippen LogP contribution < -0.4 is 11.1 Å². The summed E-state index contributed by atoms with van der Waals surface area (Å²) in [5.41, 5.74) is 7.65. The fourth-order valence-corrected chi connectivity index (χ4v) is 4.60. The summed E-state index contributed by atoms with van der Waals surface area (Å²) in [5, 5.41) is 10.2. The zero-order valence-electron chi connectivity index (χ0n) is 17.3. The summed E-state index contributed by atoms with van der Waals surface area (Å²) in [4.78, 5) is 38.3. The number of anilines is 1. The molecule has 31 heavy (non-hydrogen) atoms. The first-order chi connectivity index (χ1) is 15.1. The van der Waals surface area contributed by atoms with Gasteiger partial charge in [0.1, 0.15) is 5.41 Å². The van der Waals surface area contributed by atoms with Crippen LogP contribution in [-0.4, -0.2) is 61.8 Å². The zero-order chi connectivity index (χ0) is 21.4. The molecule has 162 valence electrons. The van der Waals surface area contributed by atoms with E-state index in [0.717, 1.165) is 29.9 Å². The van der Waals surface area contributed by atoms with E-state index in [0.29, 0.717) is 37.7 Å². The van der Waals surface area contributed by atoms with Crippen LogP contribution in [0, 0.1) is 5.92 Å². The molecule has 10 nitrogen and oxygen atoms in total. The van der Waals surface area contributed by atoms with Crippen molar-refractivity contribution in [1.29, 1.82) is 0 Å². The fraction of sp³-hybridized carbons (Fsp3) is 0.476. The number of nitrogens with two attached hydrogens (primary N) is 1. The predicted molar refractivity (Wildman–Crippen MR) is 112 cm³/mol. The van der Waals surface area contributed by atoms with E-state index in [2.05, 4.69) is 25.4 Å². The summed E-state index contributed by atoms with van der Waals surface area (Å²) in [5.74, 6) is 1.11. The molecule has 1 spiro atoms. The molecule has 1 atom stereocenters. The van der Waals surface area contributed by atoms with Crippen LogP contribution in [-0.2, 0) is 28.1 Å². The number of H-pyrrole nitrogens is 1. The molecule has 2 fully saturated rings. The van der Waals surface area contributed by atoms with Crippen LogP contribution in [0.3, 0.4) is 0 Å². The number of fused-ring (bicyclic) bond motifs is 2. The lowest BCUT2D eigenvalue weighted by molar-refractivity contribution is -0.138. The Bertz CT molecular complexity index is 1020. The molecule has 3 aliphatic rings. The van der Waals surface area contributed by atoms with Crippen LogP contribution in [0.1, 0.15) is 36.1 Å². The van der Waals surface area contributed by atoms with Crippen molar-refractivity contribution in [3.63, 3.8) is 0 Å². The molecule has 5 rings (SSSR count). The van der Waals surface area contributed by atoms with Gasteiger partial charge in [-0.2, -0.15) is 5.10 Å². The topological polar surface area (TPSA) is 133 Å². The van der Waals surface area contributed by atoms with E-state index in [1.165, 1.54) is 23.9 Å². The quantitative estimate of drug-likeness (QED) is 0.434. The predicted octanol–water partition coefficient (Wildman–Crippen LogP) is 0.506. The first-order valence-electron chi connectivity index (χ1n) is 10.6. The summed E-state index contributed by atoms with van der Waals surface area (Å²) in [6.45, 7) is 3.02. The van der Waals surface area contributed by atoms with Crippen molar-refractivity contribution in [3.8, 4) is 0 Å². The first kappa shape index (κ1) is 19.7. The van der Waals surface area contributed by atoms with E-state index in [-0.39, 0.29) is 18.1 Å². The van der Waals surface area contributed by atoms with Crippen LogP contribution in [0.5, 0.6) is 0 Å². The second-order valence-electron chi connectivity index (χ2n) is 8.64. The van der Waals surface area contributed by atoms with Crippen LogP contribution in [0.15, 0.2) is 30.5 Å². The number of aromatic nitrogens is 4. The van der Waals surface area contributed by atoms with Gasteiger partial charge in [-0.15, -0.1) is 0 Å². The molecule has 1 saturated carbocycles. The van der Waals surface area contributed by atoms with E-state index in [1.807, 2.05) is 6.20 Å². The summed E-state index contributed by atoms with van der Waals surface area (Å²) in [6, 6.07) is 0. The highest BCUT2D eigenvalue weighted by molar-refractivity contribution is 5.95. The summed E-state index contributed by atoms with van der Waals surface area (Å²) in [7, 11) is 0. The van der Waals surface area contributed by atoms with Crippen molar-refractivity contribution in [3.05, 3.63) is 47.3 Å². The van der Waals surface area contributed by atoms with Crippen molar-refractivity contribution in [1.82, 2.24) is 30.0 Å². The van der Waals surface area contributed by atoms with Gasteiger partial charge in [0.25, 0.3) is 0 Å². The minimum absolute atomic E-state index is 0.134. The number of rotatable bonds is 7. The molecule has 1 amide bonds. The molecule has 0 aromatic carbocycles. The Morgan fingerprint density at radius 2 is 2.26 bits per heavy atom. The number of hydrogen-bond donors (Lipinski definition) is 3. The number of carbonyl (C=O) groups excluding carboxylic acids is 2. The van der Waals surface area contributed by atoms with E-state index in [9.17, 15) is 9.59 Å². The Balaban J connectivity index is 1.50. The maximum Gasteiger partial charge on any atom is 0.241 e. The molecule has 0 bridgehead atoms. The third kappa shape index (κ3) is 3.56. The van der Waals surface area contributed by atoms with Gasteiger partial charge in [-0.25, -0.2) is 9.97 Å². The number of nitrogens with one attached hydrogen (secondary N) is 2. The number of allylic oxidation sites excluding steroid dienone is 1. The van der Waals surface area contributed by atoms with Crippen LogP contribution in [0.4, 0.5) is 5.95 Å². The monoisotopic (exact) mass is 422 g/mol. The van der Waals surface area contributed by atoms with E-state index >= 15 is 0 Å². The molecule has 1 saturated heterocycles. The molecule has 2 aliphatic heterocycles. The van der Waals surface area contributed by atoms with Gasteiger partial charge in [0.15, 0.2) is 6.29 Å². The Morgan fingerprint density at radius 3 is 2.97 bits per heavy atom. The second kappa shape index (κ2) is 7.77. The zero-order valence-corrected chi connectivity index (χ0v) is 17.3. The molecule has 1 aliphatic carbocycles. The molecule has 0 radical (unpaired) electrons. The lowest BCUT2D eigenvalue weighted by atomic mass is 9.77. The van der Waals surface area contributed by atoms with Crippen molar-refractivity contribution < 1.29 is 9.59 Å². The van der Waals surface area contributed by atoms with Gasteiger partial charge >= 0.3 is 0 Å². The Morgan fingerprint density at radius 1 is 1.39 bits per heavy atom. The molecule has 10 heteroatoms. The van der Waals surface area contributed by atoms with Crippen molar-refractivity contribution in [2.24, 2.45) is 11.7 Å². The number of amides is 1. The average molecular weight is 422 g/mol. The third-order valence-corrected chi connectivity index (χ3v) is 6.46. The van der Waals surface area contributed by atoms with E-state index in [4.69, 9.17) is 10.7 Å². The number of hydrogen-bond acceptors (Lipinski definition) is 8. The number of likely N-dealkylation sites (tertiary alicyclic amines) is 1. The molecule has 2 aromatic rings. The van der Waals surface area contributed by atoms with Gasteiger partial charge in [0.2, 0.25) is 11.9 Å². The Kier molecular flexibility index (Phi) is 4.93. The van der Waals surface area contributed by atoms with Crippen LogP contribution in [0.25, 0.3) is 0 Å². The van der Waals surface area contributed by atoms with Crippen LogP contribution in [0.2, 0.25) is 0 Å². The van der Waals surface area contributed by atoms with Gasteiger partial charge < -0.3 is 16.0 Å². The highest BCUT2D eigenvalue weighted by Gasteiger charge is 2.53. The lowest BCUT2D eigenvalue weighted by Crippen LogP contribution is -2.53. The van der Waals surface area contributed by atoms with Gasteiger partial charge in [0, 0.05) is 55.9 Å². The number of carbonyl (C=O) groups is 2. The smallest absolute Gasteiger partial charge is 0.241 e. The lowest BCUT2D eigenvalue weighted by Gasteiger charge is -2.39. The standard InChI is InChI=1S/C21H26N8O2/c22-5-17(12-30)29-11-16-9-24-20(23-6-14-1-2-14)27-18(16)21(19(29)31)3-4-28(13-21)10-15-7-25-26-8-15/h5,7-9,12,14H,1-4,6,10-11,13,22H2,(H,25,26)(H,23,24,27). The van der Waals surface area contributed by atoms with Crippen molar-refractivity contribution >= 4 is 18.1 Å². The molecular formula is C21H26N8O2. The SMILES string of the molecule is NC=C(C=O)N1Cc2cnc(NCC3CC3)nc2C2(CCN(Cc3cn[nH]c3)C2)C1=O. The fourth-order valence-electron chi connectivity index (χ4n) is 4.60. The van der Waals surface area contributed by atoms with Crippen LogP contribution >= 0.6 is 0 Å². The van der Waals surface area contributed by atoms with Gasteiger partial charge in [-0.1, -0.05) is 0 Å². The van der Waals surface area contributed by atoms with E-state index in [1.54, 1.807) is 12.4 Å². The van der Waals surface area contributed by atoms with Gasteiger partial charge in [-0.3, -0.25) is 19.6 Å². The number of aromatic amines is 1. The molecule has 1 unspecified atom stereocenters. The molecule has 4 heterocycles. The van der Waals surface area contributed by atoms with Crippen molar-refractivity contribution in [2.45, 2.75) is 37.8 Å². The van der Waals surface area contributed by atoms with Gasteiger partial charge in [0.05, 0.1) is 24.1 Å². The normalized spacial score (nSPS) is 23.9. The minimum atomic E-state index is -0.840. The number of nitrogens with zero attached hydrogens (tertiary/aromatic N) is 5. The summed E-state index contributed by atoms with van der Waals surface area (Å²) in [6.07, 6.45) is 10.3. The van der Waals surface area contributed by atoms with Crippen molar-refractivity contribution in [2.75, 3.05) is 25.0 Å². The second-order valence-corrected chi connectivity index (χ2v) is 8.64. The molecular weight excluding hydrogens is 396 g/mol. The summed E-state index contributed by atoms with van der Waals surface area (Å²) < 4.78 is 0. The van der Waals surface area contributed by atoms with E-state index < -0.39 is 5.41 Å². The third-order valence-electron chi connectivity index (χ3n) is 6.46. The Hall–Kier alpha value is -3.27. The average Bonchev–Trinajstić information content (AvgIpc) is 3.30. The Labute approximate surface area is 179 Å². The minimum Gasteiger partial charge on any atom is -0.403 e. The summed E-state index contributed by atoms with van der Waals surface area (Å²) >= 11 is 0. The maximum absolute atomic E-state index is 13.8. The molecule has 2 aromatic heterocycles. The van der Waals surface area contributed by atoms with Gasteiger partial charge in [-0.05, 0) is 25.2 Å². The largest absolute Gasteiger partial charge is 0.403 e. The first-order valence-corrected chi connectivity index (χ1v) is 10.6.